The minimum absolute atomic E-state index is 0.0129. The van der Waals surface area contributed by atoms with Crippen LogP contribution in [0.2, 0.25) is 0 Å². The van der Waals surface area contributed by atoms with Crippen LogP contribution in [0.1, 0.15) is 99.5 Å². The largest absolute Gasteiger partial charge is 0.429 e. The fraction of sp³-hybridized carbons (Fsp3) is 0.750. The van der Waals surface area contributed by atoms with Gasteiger partial charge in [0.15, 0.2) is 0 Å². The van der Waals surface area contributed by atoms with Gasteiger partial charge in [-0.3, -0.25) is 0 Å². The minimum Gasteiger partial charge on any atom is -0.393 e. The first kappa shape index (κ1) is 26.7. The summed E-state index contributed by atoms with van der Waals surface area (Å²) in [6, 6.07) is 0. The Morgan fingerprint density at radius 2 is 1.76 bits per heavy atom. The molecule has 0 aliphatic heterocycles. The molecule has 0 aromatic rings. The predicted octanol–water partition coefficient (Wildman–Crippen LogP) is 8.46. The van der Waals surface area contributed by atoms with Crippen LogP contribution in [0.3, 0.4) is 0 Å². The highest BCUT2D eigenvalue weighted by molar-refractivity contribution is 5.38. The Morgan fingerprint density at radius 3 is 2.38 bits per heavy atom. The highest BCUT2D eigenvalue weighted by atomic mass is 19.4. The topological polar surface area (TPSA) is 60.7 Å². The first-order valence-corrected chi connectivity index (χ1v) is 14.4. The van der Waals surface area contributed by atoms with E-state index < -0.39 is 67.3 Å². The third-order valence-corrected chi connectivity index (χ3v) is 9.61. The van der Waals surface area contributed by atoms with Crippen LogP contribution in [0.4, 0.5) is 30.7 Å². The Balaban J connectivity index is 1.95. The van der Waals surface area contributed by atoms with Crippen molar-refractivity contribution < 1.29 is 54.3 Å². The van der Waals surface area contributed by atoms with Crippen LogP contribution in [-0.4, -0.2) is 51.1 Å². The summed E-state index contributed by atoms with van der Waals surface area (Å²) in [6.45, 7) is -0.809. The van der Waals surface area contributed by atoms with E-state index >= 15 is 0 Å². The van der Waals surface area contributed by atoms with E-state index in [1.165, 1.54) is 0 Å². The summed E-state index contributed by atoms with van der Waals surface area (Å²) in [5.41, 5.74) is -6.78. The van der Waals surface area contributed by atoms with Crippen LogP contribution < -0.4 is 0 Å². The van der Waals surface area contributed by atoms with E-state index in [-0.39, 0.29) is 50.0 Å². The Labute approximate surface area is 252 Å². The van der Waals surface area contributed by atoms with Gasteiger partial charge in [0.1, 0.15) is 6.17 Å². The lowest BCUT2D eigenvalue weighted by molar-refractivity contribution is -0.347. The van der Waals surface area contributed by atoms with Gasteiger partial charge in [-0.25, -0.2) is 4.39 Å². The van der Waals surface area contributed by atoms with Crippen molar-refractivity contribution in [3.8, 4) is 0 Å². The van der Waals surface area contributed by atoms with Crippen LogP contribution in [-0.2, 0) is 0 Å². The number of aliphatic hydroxyl groups excluding tert-OH is 1. The monoisotopic (exact) mass is 616 g/mol. The molecule has 3 saturated carbocycles. The maximum absolute atomic E-state index is 14.3. The smallest absolute Gasteiger partial charge is 0.393 e. The van der Waals surface area contributed by atoms with Crippen LogP contribution in [0.5, 0.6) is 0 Å². The number of hydrogen-bond donors (Lipinski definition) is 3. The number of alkyl halides is 7. The molecule has 240 valence electrons. The van der Waals surface area contributed by atoms with Crippen molar-refractivity contribution in [2.75, 3.05) is 0 Å². The fourth-order valence-electron chi connectivity index (χ4n) is 7.35. The minimum atomic E-state index is -6.06. The molecule has 0 unspecified atom stereocenters. The number of hydrogen-bond acceptors (Lipinski definition) is 3. The van der Waals surface area contributed by atoms with Crippen molar-refractivity contribution in [3.05, 3.63) is 47.6 Å². The lowest BCUT2D eigenvalue weighted by Crippen LogP contribution is -2.55. The summed E-state index contributed by atoms with van der Waals surface area (Å²) in [5, 5.41) is 30.4. The van der Waals surface area contributed by atoms with Gasteiger partial charge in [-0.15, -0.1) is 0 Å². The van der Waals surface area contributed by atoms with Gasteiger partial charge in [0.25, 0.3) is 5.60 Å². The molecule has 0 spiro atoms. The van der Waals surface area contributed by atoms with E-state index in [0.29, 0.717) is 49.3 Å². The van der Waals surface area contributed by atoms with Crippen molar-refractivity contribution in [2.45, 2.75) is 127 Å². The van der Waals surface area contributed by atoms with Gasteiger partial charge in [-0.2, -0.15) is 26.3 Å². The summed E-state index contributed by atoms with van der Waals surface area (Å²) in [6.07, 6.45) is -8.31. The quantitative estimate of drug-likeness (QED) is 0.180. The van der Waals surface area contributed by atoms with Crippen molar-refractivity contribution in [1.29, 1.82) is 0 Å². The molecule has 10 heteroatoms. The zero-order chi connectivity index (χ0) is 36.7. The number of rotatable bonds is 9. The van der Waals surface area contributed by atoms with Crippen molar-refractivity contribution in [1.82, 2.24) is 0 Å². The summed E-state index contributed by atoms with van der Waals surface area (Å²) >= 11 is 0. The highest BCUT2D eigenvalue weighted by Crippen LogP contribution is 2.60. The van der Waals surface area contributed by atoms with E-state index in [4.69, 9.17) is 8.22 Å². The molecule has 3 aliphatic carbocycles. The van der Waals surface area contributed by atoms with Crippen LogP contribution >= 0.6 is 0 Å². The van der Waals surface area contributed by atoms with Gasteiger partial charge < -0.3 is 15.3 Å². The summed E-state index contributed by atoms with van der Waals surface area (Å²) in [4.78, 5) is 0. The van der Waals surface area contributed by atoms with E-state index in [0.717, 1.165) is 5.57 Å². The third-order valence-electron chi connectivity index (χ3n) is 9.61. The molecule has 0 aromatic heterocycles. The second-order valence-corrected chi connectivity index (χ2v) is 12.5. The van der Waals surface area contributed by atoms with Crippen molar-refractivity contribution in [2.24, 2.45) is 23.2 Å². The Bertz CT molecular complexity index is 1230. The molecule has 6 atom stereocenters. The predicted molar refractivity (Wildman–Crippen MR) is 148 cm³/mol. The van der Waals surface area contributed by atoms with Crippen LogP contribution in [0.15, 0.2) is 47.6 Å². The Hall–Kier alpha value is -1.65. The maximum Gasteiger partial charge on any atom is 0.429 e. The molecule has 3 aliphatic rings. The first-order valence-electron chi connectivity index (χ1n) is 17.4. The van der Waals surface area contributed by atoms with E-state index in [1.807, 2.05) is 13.0 Å². The standard InChI is InChI=1S/C32H45F7O3/c1-20-23(18-24(40)19-27(20)33)12-11-22-9-6-16-29(4)25(13-14-26(22)29)21(8-5-15-28(2,3)41)10-7-17-30(42,31(34,35)36)32(37,38)39/h7,11-12,17,21,24-27,40-42H,1,5-6,8-10,13-16,18-19H2,2-4H3/b17-7+,22-11+,23-12-/t21-,24-,25-,26+,27+,29-/m1/s1/i2D3,3D3. The Morgan fingerprint density at radius 1 is 1.10 bits per heavy atom. The molecule has 42 heavy (non-hydrogen) atoms. The van der Waals surface area contributed by atoms with Crippen molar-refractivity contribution in [3.63, 3.8) is 0 Å². The van der Waals surface area contributed by atoms with Gasteiger partial charge in [0.2, 0.25) is 0 Å². The van der Waals surface area contributed by atoms with Crippen LogP contribution in [0, 0.1) is 23.2 Å². The lowest BCUT2D eigenvalue weighted by atomic mass is 9.60. The van der Waals surface area contributed by atoms with Crippen LogP contribution in [0.25, 0.3) is 0 Å². The number of aliphatic hydroxyl groups is 3. The molecule has 3 fully saturated rings. The molecular weight excluding hydrogens is 565 g/mol. The van der Waals surface area contributed by atoms with Gasteiger partial charge >= 0.3 is 12.4 Å². The van der Waals surface area contributed by atoms with Gasteiger partial charge in [0, 0.05) is 14.6 Å². The number of fused-ring (bicyclic) bond motifs is 1. The fourth-order valence-corrected chi connectivity index (χ4v) is 7.35. The summed E-state index contributed by atoms with van der Waals surface area (Å²) in [5.74, 6) is -1.01. The van der Waals surface area contributed by atoms with Gasteiger partial charge in [-0.1, -0.05) is 43.7 Å². The normalized spacial score (nSPS) is 35.4. The molecular formula is C32H45F7O3. The molecule has 0 aromatic carbocycles. The van der Waals surface area contributed by atoms with Crippen molar-refractivity contribution >= 4 is 0 Å². The second-order valence-electron chi connectivity index (χ2n) is 12.5. The van der Waals surface area contributed by atoms with Gasteiger partial charge in [0.05, 0.1) is 11.7 Å². The lowest BCUT2D eigenvalue weighted by Gasteiger charge is -2.45. The zero-order valence-electron chi connectivity index (χ0n) is 29.7. The molecule has 3 nitrogen and oxygen atoms in total. The average molecular weight is 617 g/mol. The second kappa shape index (κ2) is 12.8. The molecule has 3 N–H and O–H groups in total. The summed E-state index contributed by atoms with van der Waals surface area (Å²) in [7, 11) is 0. The van der Waals surface area contributed by atoms with E-state index in [2.05, 4.69) is 6.58 Å². The molecule has 0 radical (unpaired) electrons. The Kier molecular flexibility index (Phi) is 8.12. The molecule has 0 saturated heterocycles. The number of allylic oxidation sites excluding steroid dienone is 5. The molecule has 0 amide bonds. The average Bonchev–Trinajstić information content (AvgIpc) is 3.28. The maximum atomic E-state index is 14.3. The SMILES string of the molecule is [2H]C([2H])([2H])C(O)(CCC[C@H](C/C=C/C(O)(C(F)(F)F)C(F)(F)F)[C@H]1CC[C@H]2/C(=C/C=C3/C[C@@H](O)C[C@H](F)C3=C)CCC[C@]12C)C([2H])([2H])[2H]. The molecule has 0 bridgehead atoms. The highest BCUT2D eigenvalue weighted by Gasteiger charge is 2.69. The third kappa shape index (κ3) is 7.70. The number of halogens is 7. The van der Waals surface area contributed by atoms with E-state index in [9.17, 15) is 46.1 Å². The van der Waals surface area contributed by atoms with E-state index in [1.54, 1.807) is 6.08 Å². The summed E-state index contributed by atoms with van der Waals surface area (Å²) < 4.78 is 140. The van der Waals surface area contributed by atoms with Gasteiger partial charge in [-0.05, 0) is 112 Å². The molecule has 3 rings (SSSR count). The zero-order valence-corrected chi connectivity index (χ0v) is 23.7. The molecule has 0 heterocycles. The first-order chi connectivity index (χ1) is 21.7.